The molecule has 0 unspecified atom stereocenters. The van der Waals surface area contributed by atoms with Crippen molar-refractivity contribution in [1.82, 2.24) is 25.5 Å². The van der Waals surface area contributed by atoms with Crippen molar-refractivity contribution >= 4 is 28.7 Å². The zero-order valence-electron chi connectivity index (χ0n) is 17.9. The number of carbonyl (C=O) groups is 1. The first-order valence-corrected chi connectivity index (χ1v) is 10.9. The van der Waals surface area contributed by atoms with Gasteiger partial charge in [0.2, 0.25) is 0 Å². The zero-order chi connectivity index (χ0) is 22.8. The minimum Gasteiger partial charge on any atom is -0.310 e. The number of nitrogens with zero attached hydrogens (tertiary/aromatic N) is 5. The number of carbonyl (C=O) groups excluding carboxylic acids is 1. The van der Waals surface area contributed by atoms with Crippen molar-refractivity contribution in [3.8, 4) is 11.1 Å². The lowest BCUT2D eigenvalue weighted by atomic mass is 10.0. The average Bonchev–Trinajstić information content (AvgIpc) is 3.25. The van der Waals surface area contributed by atoms with Crippen LogP contribution in [0.4, 0.5) is 8.78 Å². The molecule has 0 atom stereocenters. The fraction of sp³-hybridized carbons (Fsp3) is 0.348. The Labute approximate surface area is 188 Å². The molecule has 5 rings (SSSR count). The van der Waals surface area contributed by atoms with E-state index in [0.29, 0.717) is 43.7 Å². The van der Waals surface area contributed by atoms with E-state index in [2.05, 4.69) is 30.7 Å². The minimum atomic E-state index is -2.56. The smallest absolute Gasteiger partial charge is 0.298 e. The Morgan fingerprint density at radius 3 is 2.79 bits per heavy atom. The maximum Gasteiger partial charge on any atom is 0.298 e. The van der Waals surface area contributed by atoms with E-state index in [9.17, 15) is 13.6 Å². The highest BCUT2D eigenvalue weighted by atomic mass is 19.3. The number of alkyl halides is 2. The third-order valence-corrected chi connectivity index (χ3v) is 5.93. The van der Waals surface area contributed by atoms with Crippen LogP contribution in [0.2, 0.25) is 0 Å². The minimum absolute atomic E-state index is 0.110. The Morgan fingerprint density at radius 1 is 1.15 bits per heavy atom. The summed E-state index contributed by atoms with van der Waals surface area (Å²) in [4.78, 5) is 23.3. The molecule has 0 radical (unpaired) electrons. The number of rotatable bonds is 4. The van der Waals surface area contributed by atoms with Crippen molar-refractivity contribution in [1.29, 1.82) is 0 Å². The first-order valence-electron chi connectivity index (χ1n) is 10.9. The number of hydrogen-bond acceptors (Lipinski definition) is 6. The second-order valence-corrected chi connectivity index (χ2v) is 8.37. The number of likely N-dealkylation sites (tertiary alicyclic amines) is 1. The number of hydrazone groups is 1. The van der Waals surface area contributed by atoms with Gasteiger partial charge >= 0.3 is 0 Å². The second-order valence-electron chi connectivity index (χ2n) is 8.37. The van der Waals surface area contributed by atoms with Gasteiger partial charge < -0.3 is 5.43 Å². The van der Waals surface area contributed by atoms with E-state index < -0.39 is 11.8 Å². The van der Waals surface area contributed by atoms with Crippen LogP contribution >= 0.6 is 0 Å². The Bertz CT molecular complexity index is 1240. The summed E-state index contributed by atoms with van der Waals surface area (Å²) in [6, 6.07) is 7.70. The number of aliphatic imine (C=N–C) groups is 1. The molecule has 3 aromatic rings. The molecule has 4 heterocycles. The highest BCUT2D eigenvalue weighted by Crippen LogP contribution is 2.29. The van der Waals surface area contributed by atoms with Gasteiger partial charge in [-0.05, 0) is 29.3 Å². The van der Waals surface area contributed by atoms with E-state index in [1.54, 1.807) is 18.6 Å². The van der Waals surface area contributed by atoms with Crippen LogP contribution in [-0.2, 0) is 6.54 Å². The van der Waals surface area contributed by atoms with Crippen LogP contribution in [0.1, 0.15) is 35.3 Å². The standard InChI is InChI=1S/C23H23F2N7O/c24-23(25)4-7-32(8-5-23)14-15-9-17(12-26-11-15)16-1-2-20-19(10-16)21(31-30-20)22(33)29-18-3-6-27-28-13-18/h1-2,9-13,27H,3-8,14H2,(H,30,31). The molecule has 170 valence electrons. The van der Waals surface area contributed by atoms with Crippen molar-refractivity contribution in [2.24, 2.45) is 10.1 Å². The fourth-order valence-electron chi connectivity index (χ4n) is 4.09. The van der Waals surface area contributed by atoms with Crippen LogP contribution in [0.5, 0.6) is 0 Å². The van der Waals surface area contributed by atoms with Gasteiger partial charge in [0.05, 0.1) is 17.4 Å². The maximum atomic E-state index is 13.4. The van der Waals surface area contributed by atoms with Crippen LogP contribution in [0.3, 0.4) is 0 Å². The van der Waals surface area contributed by atoms with Gasteiger partial charge in [-0.3, -0.25) is 19.8 Å². The number of pyridine rings is 1. The SMILES string of the molecule is O=C(N=C1C=NNCC1)c1n[nH]c2ccc(-c3cncc(CN4CCC(F)(F)CC4)c3)cc12. The Hall–Kier alpha value is -3.53. The predicted molar refractivity (Wildman–Crippen MR) is 122 cm³/mol. The Balaban J connectivity index is 1.38. The number of aromatic amines is 1. The summed E-state index contributed by atoms with van der Waals surface area (Å²) >= 11 is 0. The number of piperidine rings is 1. The summed E-state index contributed by atoms with van der Waals surface area (Å²) in [6.45, 7) is 1.94. The molecule has 1 saturated heterocycles. The summed E-state index contributed by atoms with van der Waals surface area (Å²) in [7, 11) is 0. The number of halogens is 2. The lowest BCUT2D eigenvalue weighted by molar-refractivity contribution is -0.0566. The lowest BCUT2D eigenvalue weighted by Crippen LogP contribution is -2.38. The van der Waals surface area contributed by atoms with Gasteiger partial charge in [-0.25, -0.2) is 13.8 Å². The molecule has 33 heavy (non-hydrogen) atoms. The van der Waals surface area contributed by atoms with Gasteiger partial charge in [-0.2, -0.15) is 10.2 Å². The normalized spacial score (nSPS) is 19.6. The quantitative estimate of drug-likeness (QED) is 0.633. The van der Waals surface area contributed by atoms with Gasteiger partial charge in [0.15, 0.2) is 5.69 Å². The van der Waals surface area contributed by atoms with E-state index in [0.717, 1.165) is 22.2 Å². The molecule has 10 heteroatoms. The predicted octanol–water partition coefficient (Wildman–Crippen LogP) is 3.42. The molecule has 0 spiro atoms. The van der Waals surface area contributed by atoms with Crippen LogP contribution in [-0.4, -0.2) is 63.5 Å². The molecule has 8 nitrogen and oxygen atoms in total. The van der Waals surface area contributed by atoms with E-state index >= 15 is 0 Å². The van der Waals surface area contributed by atoms with Crippen molar-refractivity contribution in [3.05, 3.63) is 47.9 Å². The number of benzene rings is 1. The van der Waals surface area contributed by atoms with Crippen molar-refractivity contribution in [3.63, 3.8) is 0 Å². The molecular formula is C23H23F2N7O. The molecule has 0 bridgehead atoms. The molecule has 0 saturated carbocycles. The summed E-state index contributed by atoms with van der Waals surface area (Å²) < 4.78 is 26.9. The number of fused-ring (bicyclic) bond motifs is 1. The molecule has 1 fully saturated rings. The van der Waals surface area contributed by atoms with E-state index in [1.165, 1.54) is 0 Å². The van der Waals surface area contributed by atoms with E-state index in [-0.39, 0.29) is 18.5 Å². The third-order valence-electron chi connectivity index (χ3n) is 5.93. The average molecular weight is 451 g/mol. The monoisotopic (exact) mass is 451 g/mol. The summed E-state index contributed by atoms with van der Waals surface area (Å²) in [6.07, 6.45) is 5.46. The maximum absolute atomic E-state index is 13.4. The van der Waals surface area contributed by atoms with Gasteiger partial charge in [-0.1, -0.05) is 6.07 Å². The molecule has 2 aromatic heterocycles. The molecule has 2 aliphatic rings. The Kier molecular flexibility index (Phi) is 5.67. The van der Waals surface area contributed by atoms with Crippen LogP contribution in [0.25, 0.3) is 22.0 Å². The first-order chi connectivity index (χ1) is 16.0. The van der Waals surface area contributed by atoms with Gasteiger partial charge in [0.1, 0.15) is 0 Å². The number of amides is 1. The fourth-order valence-corrected chi connectivity index (χ4v) is 4.09. The van der Waals surface area contributed by atoms with Gasteiger partial charge in [0, 0.05) is 68.8 Å². The number of H-pyrrole nitrogens is 1. The van der Waals surface area contributed by atoms with Crippen molar-refractivity contribution in [2.45, 2.75) is 31.7 Å². The van der Waals surface area contributed by atoms with Crippen LogP contribution in [0, 0.1) is 0 Å². The zero-order valence-corrected chi connectivity index (χ0v) is 17.9. The second kappa shape index (κ2) is 8.78. The topological polar surface area (TPSA) is 98.6 Å². The van der Waals surface area contributed by atoms with Gasteiger partial charge in [0.25, 0.3) is 11.8 Å². The number of nitrogens with one attached hydrogen (secondary N) is 2. The summed E-state index contributed by atoms with van der Waals surface area (Å²) in [5.41, 5.74) is 7.15. The lowest BCUT2D eigenvalue weighted by Gasteiger charge is -2.31. The van der Waals surface area contributed by atoms with Crippen LogP contribution < -0.4 is 5.43 Å². The molecule has 1 aromatic carbocycles. The Morgan fingerprint density at radius 2 is 2.00 bits per heavy atom. The highest BCUT2D eigenvalue weighted by molar-refractivity contribution is 6.34. The number of hydrogen-bond donors (Lipinski definition) is 2. The number of aromatic nitrogens is 3. The van der Waals surface area contributed by atoms with E-state index in [4.69, 9.17) is 0 Å². The van der Waals surface area contributed by atoms with Crippen molar-refractivity contribution < 1.29 is 13.6 Å². The van der Waals surface area contributed by atoms with E-state index in [1.807, 2.05) is 29.2 Å². The highest BCUT2D eigenvalue weighted by Gasteiger charge is 2.33. The van der Waals surface area contributed by atoms with Gasteiger partial charge in [-0.15, -0.1) is 0 Å². The molecule has 2 aliphatic heterocycles. The first kappa shape index (κ1) is 21.3. The third kappa shape index (κ3) is 4.80. The summed E-state index contributed by atoms with van der Waals surface area (Å²) in [5.74, 6) is -2.98. The molecule has 0 aliphatic carbocycles. The molecule has 1 amide bonds. The largest absolute Gasteiger partial charge is 0.310 e. The molecule has 2 N–H and O–H groups in total. The summed E-state index contributed by atoms with van der Waals surface area (Å²) in [5, 5.41) is 11.7. The molecular weight excluding hydrogens is 428 g/mol. The van der Waals surface area contributed by atoms with Crippen molar-refractivity contribution in [2.75, 3.05) is 19.6 Å². The van der Waals surface area contributed by atoms with Crippen LogP contribution in [0.15, 0.2) is 46.8 Å².